The highest BCUT2D eigenvalue weighted by molar-refractivity contribution is 5.03. The zero-order valence-electron chi connectivity index (χ0n) is 5.77. The first kappa shape index (κ1) is 6.60. The van der Waals surface area contributed by atoms with Gasteiger partial charge in [0.2, 0.25) is 0 Å². The molecule has 1 fully saturated rings. The van der Waals surface area contributed by atoms with E-state index in [2.05, 4.69) is 11.2 Å². The molecule has 0 bridgehead atoms. The molecule has 0 saturated carbocycles. The molecule has 1 rings (SSSR count). The van der Waals surface area contributed by atoms with E-state index in [9.17, 15) is 0 Å². The fourth-order valence-corrected chi connectivity index (χ4v) is 0.884. The van der Waals surface area contributed by atoms with E-state index in [1.807, 2.05) is 13.8 Å². The number of rotatable bonds is 0. The molecular weight excluding hydrogens is 114 g/mol. The van der Waals surface area contributed by atoms with Crippen LogP contribution in [-0.4, -0.2) is 18.4 Å². The summed E-state index contributed by atoms with van der Waals surface area (Å²) in [5.74, 6) is 2.58. The summed E-state index contributed by atoms with van der Waals surface area (Å²) in [6.45, 7) is 4.55. The first-order valence-electron chi connectivity index (χ1n) is 3.02. The van der Waals surface area contributed by atoms with Gasteiger partial charge in [-0.25, -0.2) is 0 Å². The highest BCUT2D eigenvalue weighted by atomic mass is 16.5. The maximum Gasteiger partial charge on any atom is 0.114 e. The van der Waals surface area contributed by atoms with E-state index in [0.29, 0.717) is 6.61 Å². The van der Waals surface area contributed by atoms with Gasteiger partial charge in [-0.3, -0.25) is 5.32 Å². The summed E-state index contributed by atoms with van der Waals surface area (Å²) in [5.41, 5.74) is -0.225. The van der Waals surface area contributed by atoms with Crippen LogP contribution in [0.4, 0.5) is 0 Å². The number of nitrogens with one attached hydrogen (secondary N) is 1. The van der Waals surface area contributed by atoms with Crippen LogP contribution in [0, 0.1) is 12.3 Å². The average molecular weight is 125 g/mol. The van der Waals surface area contributed by atoms with Gasteiger partial charge in [0.1, 0.15) is 5.72 Å². The molecule has 1 unspecified atom stereocenters. The van der Waals surface area contributed by atoms with Gasteiger partial charge in [-0.2, -0.15) is 0 Å². The minimum atomic E-state index is -0.225. The summed E-state index contributed by atoms with van der Waals surface area (Å²) in [5, 5.41) is 3.12. The van der Waals surface area contributed by atoms with Crippen molar-refractivity contribution < 1.29 is 4.74 Å². The molecule has 1 saturated heterocycles. The van der Waals surface area contributed by atoms with Gasteiger partial charge in [-0.15, -0.1) is 6.42 Å². The van der Waals surface area contributed by atoms with E-state index in [1.54, 1.807) is 0 Å². The Kier molecular flexibility index (Phi) is 1.48. The molecule has 0 aromatic heterocycles. The van der Waals surface area contributed by atoms with Crippen LogP contribution in [0.1, 0.15) is 13.8 Å². The summed E-state index contributed by atoms with van der Waals surface area (Å²) in [7, 11) is 0. The van der Waals surface area contributed by atoms with Crippen LogP contribution in [0.15, 0.2) is 0 Å². The van der Waals surface area contributed by atoms with Crippen LogP contribution in [0.5, 0.6) is 0 Å². The van der Waals surface area contributed by atoms with Crippen LogP contribution >= 0.6 is 0 Å². The molecule has 1 aliphatic heterocycles. The van der Waals surface area contributed by atoms with Crippen molar-refractivity contribution in [2.75, 3.05) is 6.61 Å². The van der Waals surface area contributed by atoms with Gasteiger partial charge >= 0.3 is 0 Å². The molecule has 0 amide bonds. The highest BCUT2D eigenvalue weighted by Gasteiger charge is 2.28. The second kappa shape index (κ2) is 2.02. The van der Waals surface area contributed by atoms with Crippen molar-refractivity contribution in [1.29, 1.82) is 0 Å². The van der Waals surface area contributed by atoms with E-state index in [1.165, 1.54) is 0 Å². The lowest BCUT2D eigenvalue weighted by atomic mass is 10.3. The van der Waals surface area contributed by atoms with E-state index in [4.69, 9.17) is 11.2 Å². The van der Waals surface area contributed by atoms with Crippen LogP contribution in [0.25, 0.3) is 0 Å². The van der Waals surface area contributed by atoms with Crippen molar-refractivity contribution in [3.8, 4) is 12.3 Å². The average Bonchev–Trinajstić information content (AvgIpc) is 2.10. The van der Waals surface area contributed by atoms with Crippen LogP contribution < -0.4 is 5.32 Å². The quantitative estimate of drug-likeness (QED) is 0.471. The van der Waals surface area contributed by atoms with Crippen molar-refractivity contribution in [2.45, 2.75) is 25.6 Å². The van der Waals surface area contributed by atoms with Gasteiger partial charge in [0.05, 0.1) is 12.6 Å². The Morgan fingerprint density at radius 2 is 2.44 bits per heavy atom. The van der Waals surface area contributed by atoms with Gasteiger partial charge in [0, 0.05) is 0 Å². The summed E-state index contributed by atoms with van der Waals surface area (Å²) >= 11 is 0. The zero-order chi connectivity index (χ0) is 6.91. The van der Waals surface area contributed by atoms with Crippen molar-refractivity contribution in [2.24, 2.45) is 0 Å². The fourth-order valence-electron chi connectivity index (χ4n) is 0.884. The third-order valence-electron chi connectivity index (χ3n) is 1.33. The summed E-state index contributed by atoms with van der Waals surface area (Å²) in [4.78, 5) is 0. The standard InChI is InChI=1S/C7H11NO/c1-4-6-5-9-7(2,3)8-6/h1,6,8H,5H2,2-3H3. The third kappa shape index (κ3) is 1.44. The topological polar surface area (TPSA) is 21.3 Å². The van der Waals surface area contributed by atoms with Crippen molar-refractivity contribution in [3.63, 3.8) is 0 Å². The number of terminal acetylenes is 1. The van der Waals surface area contributed by atoms with Crippen molar-refractivity contribution >= 4 is 0 Å². The minimum Gasteiger partial charge on any atom is -0.359 e. The smallest absolute Gasteiger partial charge is 0.114 e. The highest BCUT2D eigenvalue weighted by Crippen LogP contribution is 2.12. The Morgan fingerprint density at radius 3 is 2.67 bits per heavy atom. The summed E-state index contributed by atoms with van der Waals surface area (Å²) in [6, 6.07) is 0.0972. The monoisotopic (exact) mass is 125 g/mol. The van der Waals surface area contributed by atoms with E-state index in [0.717, 1.165) is 0 Å². The predicted octanol–water partition coefficient (Wildman–Crippen LogP) is 0.344. The second-order valence-electron chi connectivity index (χ2n) is 2.68. The first-order chi connectivity index (χ1) is 4.14. The predicted molar refractivity (Wildman–Crippen MR) is 35.8 cm³/mol. The molecule has 1 N–H and O–H groups in total. The largest absolute Gasteiger partial charge is 0.359 e. The van der Waals surface area contributed by atoms with Crippen molar-refractivity contribution in [3.05, 3.63) is 0 Å². The van der Waals surface area contributed by atoms with Crippen molar-refractivity contribution in [1.82, 2.24) is 5.32 Å². The minimum absolute atomic E-state index is 0.0972. The second-order valence-corrected chi connectivity index (χ2v) is 2.68. The normalized spacial score (nSPS) is 31.9. The molecule has 2 nitrogen and oxygen atoms in total. The Bertz CT molecular complexity index is 145. The Hall–Kier alpha value is -0.520. The Balaban J connectivity index is 2.50. The molecule has 1 heterocycles. The van der Waals surface area contributed by atoms with Crippen LogP contribution in [0.2, 0.25) is 0 Å². The number of hydrogen-bond donors (Lipinski definition) is 1. The lowest BCUT2D eigenvalue weighted by molar-refractivity contribution is 0.0232. The molecule has 50 valence electrons. The van der Waals surface area contributed by atoms with Crippen LogP contribution in [0.3, 0.4) is 0 Å². The maximum atomic E-state index is 5.29. The van der Waals surface area contributed by atoms with E-state index >= 15 is 0 Å². The molecule has 0 aromatic rings. The SMILES string of the molecule is C#CC1COC(C)(C)N1. The van der Waals surface area contributed by atoms with E-state index in [-0.39, 0.29) is 11.8 Å². The lowest BCUT2D eigenvalue weighted by Crippen LogP contribution is -2.37. The molecule has 9 heavy (non-hydrogen) atoms. The fraction of sp³-hybridized carbons (Fsp3) is 0.714. The van der Waals surface area contributed by atoms with E-state index < -0.39 is 0 Å². The molecule has 0 aromatic carbocycles. The molecule has 0 aliphatic carbocycles. The maximum absolute atomic E-state index is 5.29. The first-order valence-corrected chi connectivity index (χ1v) is 3.02. The molecule has 1 aliphatic rings. The van der Waals surface area contributed by atoms with Crippen LogP contribution in [-0.2, 0) is 4.74 Å². The van der Waals surface area contributed by atoms with Gasteiger partial charge in [-0.1, -0.05) is 5.92 Å². The molecule has 2 heteroatoms. The van der Waals surface area contributed by atoms with Gasteiger partial charge < -0.3 is 4.74 Å². The van der Waals surface area contributed by atoms with Gasteiger partial charge in [0.15, 0.2) is 0 Å². The molecular formula is C7H11NO. The molecule has 0 spiro atoms. The van der Waals surface area contributed by atoms with Gasteiger partial charge in [-0.05, 0) is 13.8 Å². The zero-order valence-corrected chi connectivity index (χ0v) is 5.77. The lowest BCUT2D eigenvalue weighted by Gasteiger charge is -2.16. The Labute approximate surface area is 55.6 Å². The summed E-state index contributed by atoms with van der Waals surface area (Å²) < 4.78 is 5.29. The third-order valence-corrected chi connectivity index (χ3v) is 1.33. The number of hydrogen-bond acceptors (Lipinski definition) is 2. The number of ether oxygens (including phenoxy) is 1. The summed E-state index contributed by atoms with van der Waals surface area (Å²) in [6.07, 6.45) is 5.16. The molecule has 1 atom stereocenters. The Morgan fingerprint density at radius 1 is 1.78 bits per heavy atom. The molecule has 0 radical (unpaired) electrons. The van der Waals surface area contributed by atoms with Gasteiger partial charge in [0.25, 0.3) is 0 Å².